The predicted molar refractivity (Wildman–Crippen MR) is 347 cm³/mol. The monoisotopic (exact) mass is 1190 g/mol. The Hall–Kier alpha value is -7.32. The minimum atomic E-state index is 0.419. The van der Waals surface area contributed by atoms with Crippen LogP contribution in [0.3, 0.4) is 0 Å². The van der Waals surface area contributed by atoms with Gasteiger partial charge in [0.25, 0.3) is 0 Å². The average Bonchev–Trinajstić information content (AvgIpc) is 3.76. The van der Waals surface area contributed by atoms with E-state index in [0.29, 0.717) is 52.9 Å². The summed E-state index contributed by atoms with van der Waals surface area (Å²) in [7, 11) is 9.47. The van der Waals surface area contributed by atoms with E-state index < -0.39 is 0 Å². The molecule has 5 aromatic carbocycles. The van der Waals surface area contributed by atoms with Gasteiger partial charge in [-0.25, -0.2) is 0 Å². The zero-order valence-electron chi connectivity index (χ0n) is 52.0. The Morgan fingerprint density at radius 2 is 0.793 bits per heavy atom. The molecular formula is C70H91N9O8. The number of piperazine rings is 2. The predicted octanol–water partition coefficient (Wildman–Crippen LogP) is 9.71. The van der Waals surface area contributed by atoms with Crippen molar-refractivity contribution >= 4 is 22.7 Å². The highest BCUT2D eigenvalue weighted by atomic mass is 16.5. The molecule has 0 bridgehead atoms. The molecule has 0 atom stereocenters. The fourth-order valence-electron chi connectivity index (χ4n) is 10.9. The number of pyridine rings is 2. The van der Waals surface area contributed by atoms with E-state index in [1.165, 1.54) is 33.6 Å². The Morgan fingerprint density at radius 3 is 1.24 bits per heavy atom. The molecule has 464 valence electrons. The zero-order valence-corrected chi connectivity index (χ0v) is 52.0. The van der Waals surface area contributed by atoms with Crippen LogP contribution in [0.4, 0.5) is 22.7 Å². The molecular weight excluding hydrogens is 1090 g/mol. The summed E-state index contributed by atoms with van der Waals surface area (Å²) in [5.74, 6) is 2.55. The Kier molecular flexibility index (Phi) is 25.7. The van der Waals surface area contributed by atoms with Crippen LogP contribution in [0.1, 0.15) is 39.2 Å². The molecule has 7 aromatic rings. The molecule has 5 heterocycles. The fourth-order valence-corrected chi connectivity index (χ4v) is 10.9. The van der Waals surface area contributed by atoms with Gasteiger partial charge >= 0.3 is 0 Å². The molecule has 0 saturated carbocycles. The first-order chi connectivity index (χ1) is 42.7. The largest absolute Gasteiger partial charge is 0.497 e. The molecule has 0 unspecified atom stereocenters. The van der Waals surface area contributed by atoms with Crippen LogP contribution >= 0.6 is 0 Å². The van der Waals surface area contributed by atoms with Gasteiger partial charge in [0.2, 0.25) is 0 Å². The minimum Gasteiger partial charge on any atom is -0.497 e. The minimum absolute atomic E-state index is 0.419. The van der Waals surface area contributed by atoms with Crippen molar-refractivity contribution in [3.05, 3.63) is 197 Å². The lowest BCUT2D eigenvalue weighted by Gasteiger charge is -2.34. The first-order valence-electron chi connectivity index (χ1n) is 30.7. The van der Waals surface area contributed by atoms with Crippen molar-refractivity contribution in [2.24, 2.45) is 0 Å². The van der Waals surface area contributed by atoms with Crippen LogP contribution in [0.5, 0.6) is 17.2 Å². The molecule has 0 radical (unpaired) electrons. The number of morpholine rings is 1. The molecule has 0 amide bonds. The molecule has 3 aliphatic heterocycles. The molecule has 2 aromatic heterocycles. The SMILES string of the molecule is COc1cccc(CN(Cc2cccc(N3CCN(C)CC3)c2)c2ccnc(COCCOCCN3CCOCC3)c2)c1.COc1cccc(COCCOCc2cc(N(Cc3cccc(OC)c3)Cc3cccc(N4CCN(C)CC4)c3)ccn2)c1. The lowest BCUT2D eigenvalue weighted by atomic mass is 10.1. The van der Waals surface area contributed by atoms with Gasteiger partial charge in [0, 0.05) is 133 Å². The third-order valence-electron chi connectivity index (χ3n) is 16.0. The lowest BCUT2D eigenvalue weighted by molar-refractivity contribution is 0.00553. The van der Waals surface area contributed by atoms with E-state index in [-0.39, 0.29) is 0 Å². The number of likely N-dealkylation sites (N-methyl/N-ethyl adjacent to an activating group) is 2. The van der Waals surface area contributed by atoms with Crippen molar-refractivity contribution in [2.45, 2.75) is 46.0 Å². The van der Waals surface area contributed by atoms with E-state index in [9.17, 15) is 0 Å². The number of rotatable bonds is 30. The zero-order chi connectivity index (χ0) is 60.3. The standard InChI is InChI=1S/C36H44N4O4.C34H47N5O4/c1-38-15-17-39(18-16-38)33-10-4-7-29(21-33)25-40(26-30-8-5-11-35(22-30)41-2)34-13-14-37-32(24-34)28-44-20-19-43-27-31-9-6-12-36(23-31)42-3;1-36-11-13-38(14-12-36)32-7-3-5-29(23-32)26-39(27-30-6-4-8-34(24-30)40-2)33-9-10-35-31(25-33)28-43-22-21-42-20-17-37-15-18-41-19-16-37/h4-14,21-24H,15-20,25-28H2,1-3H3;3-10,23-25H,11-22,26-28H2,1-2H3. The van der Waals surface area contributed by atoms with Crippen LogP contribution < -0.4 is 33.8 Å². The summed E-state index contributed by atoms with van der Waals surface area (Å²) in [6.07, 6.45) is 3.75. The highest BCUT2D eigenvalue weighted by Gasteiger charge is 2.19. The third-order valence-corrected chi connectivity index (χ3v) is 16.0. The molecule has 0 aliphatic carbocycles. The van der Waals surface area contributed by atoms with Gasteiger partial charge in [-0.05, 0) is 127 Å². The van der Waals surface area contributed by atoms with Gasteiger partial charge in [-0.15, -0.1) is 0 Å². The second kappa shape index (κ2) is 34.9. The summed E-state index contributed by atoms with van der Waals surface area (Å²) < 4.78 is 45.2. The highest BCUT2D eigenvalue weighted by molar-refractivity contribution is 5.54. The van der Waals surface area contributed by atoms with Gasteiger partial charge in [0.05, 0.1) is 98.8 Å². The van der Waals surface area contributed by atoms with Crippen LogP contribution in [0.2, 0.25) is 0 Å². The van der Waals surface area contributed by atoms with Gasteiger partial charge in [-0.3, -0.25) is 14.9 Å². The molecule has 0 N–H and O–H groups in total. The number of hydrogen-bond acceptors (Lipinski definition) is 17. The Morgan fingerprint density at radius 1 is 0.402 bits per heavy atom. The smallest absolute Gasteiger partial charge is 0.119 e. The fraction of sp³-hybridized carbons (Fsp3) is 0.429. The summed E-state index contributed by atoms with van der Waals surface area (Å²) in [4.78, 5) is 26.1. The number of ether oxygens (including phenoxy) is 8. The molecule has 3 saturated heterocycles. The number of nitrogens with zero attached hydrogens (tertiary/aromatic N) is 9. The summed E-state index contributed by atoms with van der Waals surface area (Å²) in [6, 6.07) is 50.8. The van der Waals surface area contributed by atoms with Crippen molar-refractivity contribution in [2.75, 3.05) is 173 Å². The normalized spacial score (nSPS) is 15.0. The first kappa shape index (κ1) is 64.2. The molecule has 3 fully saturated rings. The van der Waals surface area contributed by atoms with Gasteiger partial charge in [-0.1, -0.05) is 60.7 Å². The average molecular weight is 1190 g/mol. The quantitative estimate of drug-likeness (QED) is 0.0397. The molecule has 17 heteroatoms. The van der Waals surface area contributed by atoms with Gasteiger partial charge in [0.1, 0.15) is 17.2 Å². The molecule has 17 nitrogen and oxygen atoms in total. The summed E-state index contributed by atoms with van der Waals surface area (Å²) in [5.41, 5.74) is 12.6. The third kappa shape index (κ3) is 21.2. The van der Waals surface area contributed by atoms with Crippen LogP contribution in [0.15, 0.2) is 158 Å². The number of benzene rings is 5. The number of aromatic nitrogens is 2. The second-order valence-corrected chi connectivity index (χ2v) is 22.4. The van der Waals surface area contributed by atoms with E-state index in [0.717, 1.165) is 157 Å². The number of anilines is 4. The Balaban J connectivity index is 0.000000208. The molecule has 0 spiro atoms. The van der Waals surface area contributed by atoms with Gasteiger partial charge in [0.15, 0.2) is 0 Å². The maximum atomic E-state index is 5.94. The topological polar surface area (TPSA) is 122 Å². The van der Waals surface area contributed by atoms with Crippen molar-refractivity contribution in [1.29, 1.82) is 0 Å². The van der Waals surface area contributed by atoms with E-state index >= 15 is 0 Å². The van der Waals surface area contributed by atoms with Crippen LogP contribution in [-0.2, 0) is 69.7 Å². The first-order valence-corrected chi connectivity index (χ1v) is 30.7. The van der Waals surface area contributed by atoms with E-state index in [1.54, 1.807) is 21.3 Å². The van der Waals surface area contributed by atoms with Crippen molar-refractivity contribution in [1.82, 2.24) is 24.7 Å². The van der Waals surface area contributed by atoms with Crippen molar-refractivity contribution in [3.8, 4) is 17.2 Å². The number of hydrogen-bond donors (Lipinski definition) is 0. The van der Waals surface area contributed by atoms with Crippen LogP contribution in [0.25, 0.3) is 0 Å². The van der Waals surface area contributed by atoms with Crippen molar-refractivity contribution < 1.29 is 37.9 Å². The molecule has 3 aliphatic rings. The summed E-state index contributed by atoms with van der Waals surface area (Å²) >= 11 is 0. The van der Waals surface area contributed by atoms with Gasteiger partial charge < -0.3 is 67.3 Å². The van der Waals surface area contributed by atoms with E-state index in [2.05, 4.69) is 161 Å². The Bertz CT molecular complexity index is 3120. The van der Waals surface area contributed by atoms with E-state index in [4.69, 9.17) is 37.9 Å². The number of methoxy groups -OCH3 is 3. The van der Waals surface area contributed by atoms with Crippen molar-refractivity contribution in [3.63, 3.8) is 0 Å². The van der Waals surface area contributed by atoms with Crippen LogP contribution in [-0.4, -0.2) is 178 Å². The van der Waals surface area contributed by atoms with Gasteiger partial charge in [-0.2, -0.15) is 0 Å². The lowest BCUT2D eigenvalue weighted by Crippen LogP contribution is -2.44. The molecule has 87 heavy (non-hydrogen) atoms. The Labute approximate surface area is 516 Å². The summed E-state index contributed by atoms with van der Waals surface area (Å²) in [6.45, 7) is 20.3. The molecule has 10 rings (SSSR count). The highest BCUT2D eigenvalue weighted by Crippen LogP contribution is 2.28. The summed E-state index contributed by atoms with van der Waals surface area (Å²) in [5, 5.41) is 0. The van der Waals surface area contributed by atoms with Crippen LogP contribution in [0, 0.1) is 0 Å². The maximum Gasteiger partial charge on any atom is 0.119 e. The maximum absolute atomic E-state index is 5.94. The van der Waals surface area contributed by atoms with E-state index in [1.807, 2.05) is 54.9 Å². The second-order valence-electron chi connectivity index (χ2n) is 22.4.